The Morgan fingerprint density at radius 2 is 1.78 bits per heavy atom. The van der Waals surface area contributed by atoms with Crippen LogP contribution in [0.1, 0.15) is 34.7 Å². The van der Waals surface area contributed by atoms with Crippen LogP contribution < -0.4 is 14.9 Å². The van der Waals surface area contributed by atoms with Crippen LogP contribution in [0, 0.1) is 0 Å². The zero-order valence-electron chi connectivity index (χ0n) is 17.2. The first-order chi connectivity index (χ1) is 15.7. The summed E-state index contributed by atoms with van der Waals surface area (Å²) in [7, 11) is 0. The fraction of sp³-hybridized carbons (Fsp3) is 0.111. The highest BCUT2D eigenvalue weighted by molar-refractivity contribution is 7.07. The van der Waals surface area contributed by atoms with Crippen LogP contribution in [0.5, 0.6) is 5.75 Å². The Bertz CT molecular complexity index is 1560. The third-order valence-corrected chi connectivity index (χ3v) is 7.14. The molecule has 2 heterocycles. The van der Waals surface area contributed by atoms with Crippen molar-refractivity contribution in [1.29, 1.82) is 0 Å². The number of allylic oxidation sites excluding steroid dienone is 1. The molecule has 0 bridgehead atoms. The lowest BCUT2D eigenvalue weighted by Crippen LogP contribution is -2.38. The minimum absolute atomic E-state index is 0.0450. The van der Waals surface area contributed by atoms with Gasteiger partial charge in [0.1, 0.15) is 5.75 Å². The van der Waals surface area contributed by atoms with Gasteiger partial charge in [-0.3, -0.25) is 9.36 Å². The summed E-state index contributed by atoms with van der Waals surface area (Å²) >= 11 is 1.40. The Morgan fingerprint density at radius 1 is 0.969 bits per heavy atom. The molecule has 0 saturated heterocycles. The number of thiazole rings is 1. The molecule has 3 aromatic carbocycles. The maximum atomic E-state index is 13.6. The molecule has 1 aliphatic heterocycles. The third kappa shape index (κ3) is 3.05. The van der Waals surface area contributed by atoms with Gasteiger partial charge < -0.3 is 5.11 Å². The quantitative estimate of drug-likeness (QED) is 0.516. The van der Waals surface area contributed by atoms with E-state index in [-0.39, 0.29) is 17.4 Å². The summed E-state index contributed by atoms with van der Waals surface area (Å²) in [6, 6.07) is 25.4. The predicted octanol–water partition coefficient (Wildman–Crippen LogP) is 4.02. The van der Waals surface area contributed by atoms with Crippen molar-refractivity contribution in [2.75, 3.05) is 0 Å². The van der Waals surface area contributed by atoms with Gasteiger partial charge in [-0.1, -0.05) is 78.1 Å². The molecule has 0 radical (unpaired) electrons. The van der Waals surface area contributed by atoms with Crippen molar-refractivity contribution in [3.63, 3.8) is 0 Å². The lowest BCUT2D eigenvalue weighted by atomic mass is 9.83. The van der Waals surface area contributed by atoms with Crippen LogP contribution in [-0.4, -0.2) is 9.67 Å². The SMILES string of the molecule is O=c1/c(=C\c2cccc(O)c2)sc2n1[C@H](c1ccccc1)C1=C(N=2)c2ccccc2CC1. The van der Waals surface area contributed by atoms with Gasteiger partial charge in [0.05, 0.1) is 16.3 Å². The molecule has 1 N–H and O–H groups in total. The zero-order valence-corrected chi connectivity index (χ0v) is 18.0. The number of fused-ring (bicyclic) bond motifs is 3. The number of aryl methyl sites for hydroxylation is 1. The molecule has 1 atom stereocenters. The molecule has 0 unspecified atom stereocenters. The maximum absolute atomic E-state index is 13.6. The van der Waals surface area contributed by atoms with Gasteiger partial charge in [-0.2, -0.15) is 0 Å². The fourth-order valence-electron chi connectivity index (χ4n) is 4.72. The molecule has 6 rings (SSSR count). The van der Waals surface area contributed by atoms with Crippen LogP contribution in [0.4, 0.5) is 0 Å². The van der Waals surface area contributed by atoms with E-state index in [2.05, 4.69) is 36.4 Å². The normalized spacial score (nSPS) is 17.4. The van der Waals surface area contributed by atoms with Gasteiger partial charge in [-0.25, -0.2) is 4.99 Å². The minimum atomic E-state index is -0.165. The van der Waals surface area contributed by atoms with Crippen molar-refractivity contribution in [2.45, 2.75) is 18.9 Å². The van der Waals surface area contributed by atoms with Crippen LogP contribution in [0.15, 0.2) is 94.2 Å². The first-order valence-electron chi connectivity index (χ1n) is 10.7. The molecule has 0 saturated carbocycles. The summed E-state index contributed by atoms with van der Waals surface area (Å²) in [5.41, 5.74) is 6.52. The Kier molecular flexibility index (Phi) is 4.44. The van der Waals surface area contributed by atoms with Crippen molar-refractivity contribution in [2.24, 2.45) is 4.99 Å². The first kappa shape index (κ1) is 19.0. The van der Waals surface area contributed by atoms with Crippen molar-refractivity contribution >= 4 is 23.1 Å². The fourth-order valence-corrected chi connectivity index (χ4v) is 5.72. The lowest BCUT2D eigenvalue weighted by molar-refractivity contribution is 0.475. The van der Waals surface area contributed by atoms with E-state index in [1.165, 1.54) is 28.0 Å². The number of hydrogen-bond acceptors (Lipinski definition) is 4. The number of hydrogen-bond donors (Lipinski definition) is 1. The topological polar surface area (TPSA) is 54.6 Å². The van der Waals surface area contributed by atoms with E-state index in [9.17, 15) is 9.90 Å². The van der Waals surface area contributed by atoms with E-state index in [1.807, 2.05) is 34.9 Å². The smallest absolute Gasteiger partial charge is 0.271 e. The Labute approximate surface area is 188 Å². The van der Waals surface area contributed by atoms with Crippen LogP contribution in [0.2, 0.25) is 0 Å². The maximum Gasteiger partial charge on any atom is 0.271 e. The molecule has 32 heavy (non-hydrogen) atoms. The lowest BCUT2D eigenvalue weighted by Gasteiger charge is -2.30. The standard InChI is InChI=1S/C27H20N2O2S/c30-20-11-6-7-17(15-20)16-23-26(31)29-25(19-9-2-1-3-10-19)22-14-13-18-8-4-5-12-21(18)24(22)28-27(29)32-23/h1-12,15-16,25,30H,13-14H2/b23-16+/t25-/m1/s1. The Hall–Kier alpha value is -3.70. The van der Waals surface area contributed by atoms with Crippen LogP contribution in [0.25, 0.3) is 11.8 Å². The van der Waals surface area contributed by atoms with Gasteiger partial charge in [0.25, 0.3) is 5.56 Å². The number of phenolic OH excluding ortho intramolecular Hbond substituents is 1. The molecular formula is C27H20N2O2S. The zero-order chi connectivity index (χ0) is 21.7. The van der Waals surface area contributed by atoms with Crippen LogP contribution in [-0.2, 0) is 6.42 Å². The van der Waals surface area contributed by atoms with Gasteiger partial charge in [-0.05, 0) is 53.3 Å². The molecular weight excluding hydrogens is 416 g/mol. The van der Waals surface area contributed by atoms with Gasteiger partial charge in [0, 0.05) is 5.56 Å². The number of aromatic hydroxyl groups is 1. The van der Waals surface area contributed by atoms with E-state index < -0.39 is 0 Å². The second-order valence-corrected chi connectivity index (χ2v) is 9.13. The van der Waals surface area contributed by atoms with Crippen molar-refractivity contribution in [1.82, 2.24) is 4.57 Å². The molecule has 4 nitrogen and oxygen atoms in total. The number of benzene rings is 3. The minimum Gasteiger partial charge on any atom is -0.508 e. The average Bonchev–Trinajstić information content (AvgIpc) is 3.13. The Morgan fingerprint density at radius 3 is 2.62 bits per heavy atom. The molecule has 0 fully saturated rings. The average molecular weight is 437 g/mol. The predicted molar refractivity (Wildman–Crippen MR) is 127 cm³/mol. The highest BCUT2D eigenvalue weighted by atomic mass is 32.1. The highest BCUT2D eigenvalue weighted by Crippen LogP contribution is 2.41. The van der Waals surface area contributed by atoms with Gasteiger partial charge in [-0.15, -0.1) is 0 Å². The summed E-state index contributed by atoms with van der Waals surface area (Å²) in [6.45, 7) is 0. The second-order valence-electron chi connectivity index (χ2n) is 8.12. The number of rotatable bonds is 2. The number of nitrogens with zero attached hydrogens (tertiary/aromatic N) is 2. The summed E-state index contributed by atoms with van der Waals surface area (Å²) in [5.74, 6) is 0.181. The molecule has 1 aliphatic carbocycles. The van der Waals surface area contributed by atoms with Gasteiger partial charge >= 0.3 is 0 Å². The monoisotopic (exact) mass is 436 g/mol. The number of phenols is 1. The first-order valence-corrected chi connectivity index (χ1v) is 11.5. The van der Waals surface area contributed by atoms with Gasteiger partial charge in [0.2, 0.25) is 0 Å². The summed E-state index contributed by atoms with van der Waals surface area (Å²) in [5, 5.41) is 9.82. The largest absolute Gasteiger partial charge is 0.508 e. The third-order valence-electron chi connectivity index (χ3n) is 6.16. The van der Waals surface area contributed by atoms with E-state index in [1.54, 1.807) is 18.2 Å². The summed E-state index contributed by atoms with van der Waals surface area (Å²) < 4.78 is 2.46. The summed E-state index contributed by atoms with van der Waals surface area (Å²) in [4.78, 5) is 19.3. The van der Waals surface area contributed by atoms with E-state index in [4.69, 9.17) is 4.99 Å². The van der Waals surface area contributed by atoms with Crippen molar-refractivity contribution in [3.05, 3.63) is 126 Å². The van der Waals surface area contributed by atoms with E-state index in [0.29, 0.717) is 9.33 Å². The van der Waals surface area contributed by atoms with Crippen LogP contribution in [0.3, 0.4) is 0 Å². The van der Waals surface area contributed by atoms with Crippen molar-refractivity contribution in [3.8, 4) is 5.75 Å². The summed E-state index contributed by atoms with van der Waals surface area (Å²) in [6.07, 6.45) is 3.66. The van der Waals surface area contributed by atoms with Gasteiger partial charge in [0.15, 0.2) is 4.80 Å². The molecule has 4 aromatic rings. The van der Waals surface area contributed by atoms with E-state index in [0.717, 1.165) is 29.7 Å². The molecule has 156 valence electrons. The molecule has 1 aromatic heterocycles. The Balaban J connectivity index is 1.63. The molecule has 0 amide bonds. The molecule has 2 aliphatic rings. The second kappa shape index (κ2) is 7.46. The van der Waals surface area contributed by atoms with E-state index >= 15 is 0 Å². The van der Waals surface area contributed by atoms with Crippen molar-refractivity contribution < 1.29 is 5.11 Å². The number of aromatic nitrogens is 1. The molecule has 5 heteroatoms. The molecule has 0 spiro atoms. The van der Waals surface area contributed by atoms with Crippen LogP contribution >= 0.6 is 11.3 Å². The highest BCUT2D eigenvalue weighted by Gasteiger charge is 2.32.